The van der Waals surface area contributed by atoms with E-state index in [1.807, 2.05) is 30.3 Å². The molecule has 2 aromatic carbocycles. The molecule has 4 rings (SSSR count). The molecule has 0 radical (unpaired) electrons. The van der Waals surface area contributed by atoms with Crippen LogP contribution in [0, 0.1) is 0 Å². The van der Waals surface area contributed by atoms with Crippen molar-refractivity contribution in [3.05, 3.63) is 78.5 Å². The summed E-state index contributed by atoms with van der Waals surface area (Å²) in [7, 11) is 0. The lowest BCUT2D eigenvalue weighted by Crippen LogP contribution is -2.37. The fourth-order valence-electron chi connectivity index (χ4n) is 3.51. The van der Waals surface area contributed by atoms with Gasteiger partial charge in [0.15, 0.2) is 0 Å². The van der Waals surface area contributed by atoms with E-state index in [0.29, 0.717) is 17.8 Å². The van der Waals surface area contributed by atoms with E-state index in [1.54, 1.807) is 6.07 Å². The summed E-state index contributed by atoms with van der Waals surface area (Å²) in [6, 6.07) is 17.6. The van der Waals surface area contributed by atoms with E-state index in [0.717, 1.165) is 18.5 Å². The highest BCUT2D eigenvalue weighted by Crippen LogP contribution is 2.30. The zero-order valence-corrected chi connectivity index (χ0v) is 15.0. The Morgan fingerprint density at radius 1 is 1.00 bits per heavy atom. The van der Waals surface area contributed by atoms with Crippen LogP contribution in [0.2, 0.25) is 0 Å². The Labute approximate surface area is 157 Å². The zero-order chi connectivity index (χ0) is 18.8. The molecule has 5 heteroatoms. The highest BCUT2D eigenvalue weighted by molar-refractivity contribution is 6.10. The Balaban J connectivity index is 1.28. The molecule has 0 bridgehead atoms. The monoisotopic (exact) mass is 359 g/mol. The summed E-state index contributed by atoms with van der Waals surface area (Å²) in [6.45, 7) is 5.35. The lowest BCUT2D eigenvalue weighted by Gasteiger charge is -2.17. The first-order valence-electron chi connectivity index (χ1n) is 9.06. The van der Waals surface area contributed by atoms with E-state index in [4.69, 9.17) is 0 Å². The average molecular weight is 359 g/mol. The third-order valence-electron chi connectivity index (χ3n) is 4.92. The van der Waals surface area contributed by atoms with Crippen molar-refractivity contribution in [3.63, 3.8) is 0 Å². The number of carbonyl (C=O) groups excluding carboxylic acids is 2. The molecule has 136 valence electrons. The number of aromatic nitrogens is 1. The summed E-state index contributed by atoms with van der Waals surface area (Å²) in [6.07, 6.45) is 2.89. The minimum atomic E-state index is -0.172. The molecule has 1 N–H and O–H groups in total. The van der Waals surface area contributed by atoms with Crippen molar-refractivity contribution in [2.24, 2.45) is 0 Å². The van der Waals surface area contributed by atoms with Gasteiger partial charge in [0.05, 0.1) is 0 Å². The Kier molecular flexibility index (Phi) is 4.50. The van der Waals surface area contributed by atoms with Crippen LogP contribution < -0.4 is 5.32 Å². The predicted molar refractivity (Wildman–Crippen MR) is 106 cm³/mol. The maximum absolute atomic E-state index is 12.4. The number of nitrogens with zero attached hydrogens (tertiary/aromatic N) is 2. The van der Waals surface area contributed by atoms with Gasteiger partial charge in [-0.05, 0) is 30.0 Å². The highest BCUT2D eigenvalue weighted by atomic mass is 16.2. The fraction of sp³-hybridized carbons (Fsp3) is 0.182. The molecule has 0 fully saturated rings. The lowest BCUT2D eigenvalue weighted by molar-refractivity contribution is -0.121. The second-order valence-corrected chi connectivity index (χ2v) is 6.66. The molecular formula is C22H21N3O2. The first-order chi connectivity index (χ1) is 13.1. The Bertz CT molecular complexity index is 1000. The number of aryl methyl sites for hydroxylation is 1. The van der Waals surface area contributed by atoms with Crippen LogP contribution in [0.4, 0.5) is 0 Å². The summed E-state index contributed by atoms with van der Waals surface area (Å²) in [5.41, 5.74) is 3.19. The van der Waals surface area contributed by atoms with E-state index in [-0.39, 0.29) is 18.4 Å². The van der Waals surface area contributed by atoms with Crippen molar-refractivity contribution in [3.8, 4) is 0 Å². The maximum atomic E-state index is 12.4. The van der Waals surface area contributed by atoms with Gasteiger partial charge in [-0.3, -0.25) is 14.5 Å². The van der Waals surface area contributed by atoms with Gasteiger partial charge in [0.2, 0.25) is 5.91 Å². The number of hydrogen-bond acceptors (Lipinski definition) is 2. The number of rotatable bonds is 6. The van der Waals surface area contributed by atoms with Crippen molar-refractivity contribution in [1.82, 2.24) is 14.8 Å². The van der Waals surface area contributed by atoms with Crippen molar-refractivity contribution in [1.29, 1.82) is 0 Å². The molecule has 1 aliphatic rings. The normalized spacial score (nSPS) is 13.3. The van der Waals surface area contributed by atoms with E-state index < -0.39 is 0 Å². The highest BCUT2D eigenvalue weighted by Gasteiger charge is 2.31. The van der Waals surface area contributed by atoms with Gasteiger partial charge >= 0.3 is 0 Å². The molecule has 3 aromatic rings. The van der Waals surface area contributed by atoms with Crippen LogP contribution in [0.3, 0.4) is 0 Å². The van der Waals surface area contributed by atoms with Gasteiger partial charge in [0.1, 0.15) is 6.54 Å². The molecule has 0 aliphatic carbocycles. The van der Waals surface area contributed by atoms with Gasteiger partial charge in [0.25, 0.3) is 5.91 Å². The number of nitrogens with one attached hydrogen (secondary N) is 1. The van der Waals surface area contributed by atoms with Crippen LogP contribution in [0.15, 0.2) is 67.4 Å². The van der Waals surface area contributed by atoms with Crippen LogP contribution >= 0.6 is 0 Å². The molecule has 1 aromatic heterocycles. The van der Waals surface area contributed by atoms with Gasteiger partial charge in [-0.25, -0.2) is 0 Å². The summed E-state index contributed by atoms with van der Waals surface area (Å²) in [4.78, 5) is 26.1. The first-order valence-corrected chi connectivity index (χ1v) is 9.06. The van der Waals surface area contributed by atoms with Gasteiger partial charge < -0.3 is 9.88 Å². The number of amides is 2. The quantitative estimate of drug-likeness (QED) is 0.687. The molecule has 0 unspecified atom stereocenters. The van der Waals surface area contributed by atoms with Gasteiger partial charge in [-0.2, -0.15) is 0 Å². The zero-order valence-electron chi connectivity index (χ0n) is 15.0. The summed E-state index contributed by atoms with van der Waals surface area (Å²) in [5.74, 6) is -0.334. The van der Waals surface area contributed by atoms with E-state index in [9.17, 15) is 9.59 Å². The number of carbonyl (C=O) groups is 2. The smallest absolute Gasteiger partial charge is 0.259 e. The summed E-state index contributed by atoms with van der Waals surface area (Å²) >= 11 is 0. The maximum Gasteiger partial charge on any atom is 0.259 e. The van der Waals surface area contributed by atoms with Gasteiger partial charge in [-0.15, -0.1) is 0 Å². The fourth-order valence-corrected chi connectivity index (χ4v) is 3.51. The summed E-state index contributed by atoms with van der Waals surface area (Å²) < 4.78 is 2.18. The number of hydrogen-bond donors (Lipinski definition) is 1. The van der Waals surface area contributed by atoms with E-state index in [1.165, 1.54) is 15.8 Å². The van der Waals surface area contributed by atoms with Crippen LogP contribution in [0.25, 0.3) is 16.6 Å². The minimum absolute atomic E-state index is 0.00119. The number of para-hydroxylation sites is 1. The minimum Gasteiger partial charge on any atom is -0.354 e. The number of benzene rings is 2. The van der Waals surface area contributed by atoms with Crippen LogP contribution in [-0.4, -0.2) is 34.4 Å². The summed E-state index contributed by atoms with van der Waals surface area (Å²) in [5, 5.41) is 4.12. The Hall–Kier alpha value is -3.34. The van der Waals surface area contributed by atoms with E-state index >= 15 is 0 Å². The lowest BCUT2D eigenvalue weighted by atomic mass is 10.1. The molecule has 27 heavy (non-hydrogen) atoms. The molecule has 1 aliphatic heterocycles. The molecule has 2 amide bonds. The molecule has 0 saturated carbocycles. The van der Waals surface area contributed by atoms with Crippen molar-refractivity contribution < 1.29 is 9.59 Å². The molecule has 0 spiro atoms. The van der Waals surface area contributed by atoms with Gasteiger partial charge in [-0.1, -0.05) is 43.0 Å². The second kappa shape index (κ2) is 7.11. The molecule has 0 saturated heterocycles. The Morgan fingerprint density at radius 2 is 1.74 bits per heavy atom. The molecule has 5 nitrogen and oxygen atoms in total. The SMILES string of the molecule is C=C1c2ccccc2C(=O)N1CC(=O)NCCCn1ccc2ccccc21. The molecular weight excluding hydrogens is 338 g/mol. The molecule has 0 atom stereocenters. The first kappa shape index (κ1) is 17.1. The standard InChI is InChI=1S/C22H21N3O2/c1-16-18-8-3-4-9-19(18)22(27)25(16)15-21(26)23-12-6-13-24-14-11-17-7-2-5-10-20(17)24/h2-5,7-11,14H,1,6,12-13,15H2,(H,23,26). The van der Waals surface area contributed by atoms with Crippen molar-refractivity contribution >= 4 is 28.4 Å². The van der Waals surface area contributed by atoms with Crippen LogP contribution in [0.5, 0.6) is 0 Å². The third-order valence-corrected chi connectivity index (χ3v) is 4.92. The third kappa shape index (κ3) is 3.24. The second-order valence-electron chi connectivity index (χ2n) is 6.66. The van der Waals surface area contributed by atoms with Crippen molar-refractivity contribution in [2.75, 3.05) is 13.1 Å². The van der Waals surface area contributed by atoms with Crippen LogP contribution in [0.1, 0.15) is 22.3 Å². The average Bonchev–Trinajstić information content (AvgIpc) is 3.21. The van der Waals surface area contributed by atoms with Crippen LogP contribution in [-0.2, 0) is 11.3 Å². The Morgan fingerprint density at radius 3 is 2.56 bits per heavy atom. The predicted octanol–water partition coefficient (Wildman–Crippen LogP) is 3.27. The van der Waals surface area contributed by atoms with Gasteiger partial charge in [0, 0.05) is 41.6 Å². The number of fused-ring (bicyclic) bond motifs is 2. The topological polar surface area (TPSA) is 54.3 Å². The van der Waals surface area contributed by atoms with Crippen molar-refractivity contribution in [2.45, 2.75) is 13.0 Å². The molecule has 2 heterocycles. The largest absolute Gasteiger partial charge is 0.354 e. The van der Waals surface area contributed by atoms with E-state index in [2.05, 4.69) is 40.9 Å².